The Hall–Kier alpha value is -5.24. The Morgan fingerprint density at radius 1 is 0.700 bits per heavy atom. The summed E-state index contributed by atoms with van der Waals surface area (Å²) in [6, 6.07) is 23.6. The molecule has 0 saturated carbocycles. The summed E-state index contributed by atoms with van der Waals surface area (Å²) in [5, 5.41) is 0. The van der Waals surface area contributed by atoms with Crippen LogP contribution in [-0.4, -0.2) is 36.6 Å². The fraction of sp³-hybridized carbons (Fsp3) is 0.125. The molecule has 3 aromatic carbocycles. The second-order valence-corrected chi connectivity index (χ2v) is 8.28. The van der Waals surface area contributed by atoms with Crippen LogP contribution in [0.2, 0.25) is 0 Å². The summed E-state index contributed by atoms with van der Waals surface area (Å²) >= 11 is 0. The number of benzene rings is 3. The van der Waals surface area contributed by atoms with Gasteiger partial charge in [0.25, 0.3) is 0 Å². The van der Waals surface area contributed by atoms with Gasteiger partial charge in [0, 0.05) is 6.08 Å². The largest absolute Gasteiger partial charge is 0.458 e. The van der Waals surface area contributed by atoms with E-state index in [-0.39, 0.29) is 36.5 Å². The van der Waals surface area contributed by atoms with Gasteiger partial charge >= 0.3 is 23.9 Å². The average molecular weight is 541 g/mol. The summed E-state index contributed by atoms with van der Waals surface area (Å²) in [6.45, 7) is 7.03. The van der Waals surface area contributed by atoms with Crippen molar-refractivity contribution < 1.29 is 38.1 Å². The van der Waals surface area contributed by atoms with Gasteiger partial charge in [-0.05, 0) is 35.4 Å². The van der Waals surface area contributed by atoms with Gasteiger partial charge in [0.15, 0.2) is 6.10 Å². The Labute approximate surface area is 232 Å². The molecule has 0 aromatic heterocycles. The van der Waals surface area contributed by atoms with Gasteiger partial charge in [-0.3, -0.25) is 0 Å². The molecule has 0 aliphatic carbocycles. The molecular weight excluding hydrogens is 512 g/mol. The minimum Gasteiger partial charge on any atom is -0.458 e. The molecule has 0 aliphatic rings. The number of hydrogen-bond donors (Lipinski definition) is 0. The fourth-order valence-electron chi connectivity index (χ4n) is 3.37. The van der Waals surface area contributed by atoms with Crippen LogP contribution in [0.3, 0.4) is 0 Å². The van der Waals surface area contributed by atoms with Gasteiger partial charge in [0.2, 0.25) is 0 Å². The first-order chi connectivity index (χ1) is 19.4. The zero-order valence-corrected chi connectivity index (χ0v) is 21.7. The van der Waals surface area contributed by atoms with E-state index in [2.05, 4.69) is 13.2 Å². The van der Waals surface area contributed by atoms with Crippen molar-refractivity contribution in [1.29, 1.82) is 0 Å². The quantitative estimate of drug-likeness (QED) is 0.127. The summed E-state index contributed by atoms with van der Waals surface area (Å²) in [5.74, 6) is -3.27. The lowest BCUT2D eigenvalue weighted by Gasteiger charge is -2.17. The van der Waals surface area contributed by atoms with Crippen molar-refractivity contribution in [1.82, 2.24) is 0 Å². The summed E-state index contributed by atoms with van der Waals surface area (Å²) in [5.41, 5.74) is 1.31. The maximum atomic E-state index is 13.1. The van der Waals surface area contributed by atoms with Crippen LogP contribution in [-0.2, 0) is 41.8 Å². The van der Waals surface area contributed by atoms with Crippen LogP contribution in [0.5, 0.6) is 0 Å². The Morgan fingerprint density at radius 2 is 1.27 bits per heavy atom. The molecule has 204 valence electrons. The topological polar surface area (TPSA) is 105 Å². The zero-order chi connectivity index (χ0) is 28.7. The predicted molar refractivity (Wildman–Crippen MR) is 147 cm³/mol. The number of ether oxygens (including phenoxy) is 4. The van der Waals surface area contributed by atoms with Crippen LogP contribution in [0, 0.1) is 0 Å². The number of hydrogen-bond acceptors (Lipinski definition) is 8. The van der Waals surface area contributed by atoms with Crippen LogP contribution in [0.25, 0.3) is 0 Å². The van der Waals surface area contributed by atoms with E-state index < -0.39 is 30.0 Å². The zero-order valence-electron chi connectivity index (χ0n) is 21.7. The molecule has 8 nitrogen and oxygen atoms in total. The van der Waals surface area contributed by atoms with E-state index in [1.807, 2.05) is 12.1 Å². The third-order valence-corrected chi connectivity index (χ3v) is 5.37. The summed E-state index contributed by atoms with van der Waals surface area (Å²) in [7, 11) is 0. The van der Waals surface area contributed by atoms with Crippen molar-refractivity contribution in [2.75, 3.05) is 6.61 Å². The minimum absolute atomic E-state index is 0.00562. The van der Waals surface area contributed by atoms with E-state index in [0.29, 0.717) is 5.56 Å². The molecule has 8 heteroatoms. The minimum atomic E-state index is -1.36. The normalized spacial score (nSPS) is 11.4. The SMILES string of the molecule is C=CCOC(=O)c1cccc(C(=O)OC(C=C)/C(=C\C(=O)OCc2ccccc2)C(=O)OCc2ccccc2)c1. The highest BCUT2D eigenvalue weighted by atomic mass is 16.6. The Bertz CT molecular complexity index is 1380. The summed E-state index contributed by atoms with van der Waals surface area (Å²) in [4.78, 5) is 50.9. The van der Waals surface area contributed by atoms with Crippen molar-refractivity contribution in [3.63, 3.8) is 0 Å². The van der Waals surface area contributed by atoms with Crippen molar-refractivity contribution in [2.45, 2.75) is 19.3 Å². The van der Waals surface area contributed by atoms with Crippen LogP contribution < -0.4 is 0 Å². The molecule has 40 heavy (non-hydrogen) atoms. The molecule has 1 unspecified atom stereocenters. The van der Waals surface area contributed by atoms with Crippen molar-refractivity contribution in [3.8, 4) is 0 Å². The van der Waals surface area contributed by atoms with Gasteiger partial charge in [-0.25, -0.2) is 19.2 Å². The van der Waals surface area contributed by atoms with E-state index in [9.17, 15) is 19.2 Å². The lowest BCUT2D eigenvalue weighted by Crippen LogP contribution is -2.26. The molecule has 0 saturated heterocycles. The molecule has 0 bridgehead atoms. The molecular formula is C32H28O8. The van der Waals surface area contributed by atoms with Gasteiger partial charge < -0.3 is 18.9 Å². The van der Waals surface area contributed by atoms with Crippen molar-refractivity contribution in [2.24, 2.45) is 0 Å². The van der Waals surface area contributed by atoms with Gasteiger partial charge in [0.1, 0.15) is 19.8 Å². The van der Waals surface area contributed by atoms with E-state index >= 15 is 0 Å². The predicted octanol–water partition coefficient (Wildman–Crippen LogP) is 5.15. The fourth-order valence-corrected chi connectivity index (χ4v) is 3.37. The van der Waals surface area contributed by atoms with Crippen molar-refractivity contribution in [3.05, 3.63) is 144 Å². The Kier molecular flexibility index (Phi) is 11.2. The molecule has 0 N–H and O–H groups in total. The van der Waals surface area contributed by atoms with Crippen LogP contribution >= 0.6 is 0 Å². The Balaban J connectivity index is 1.80. The number of carbonyl (C=O) groups is 4. The molecule has 3 rings (SSSR count). The highest BCUT2D eigenvalue weighted by Gasteiger charge is 2.26. The lowest BCUT2D eigenvalue weighted by molar-refractivity contribution is -0.143. The number of rotatable bonds is 13. The number of esters is 4. The molecule has 0 heterocycles. The maximum Gasteiger partial charge on any atom is 0.339 e. The van der Waals surface area contributed by atoms with E-state index in [1.54, 1.807) is 48.5 Å². The molecule has 3 aromatic rings. The molecule has 0 fully saturated rings. The van der Waals surface area contributed by atoms with Gasteiger partial charge in [-0.2, -0.15) is 0 Å². The van der Waals surface area contributed by atoms with Gasteiger partial charge in [-0.15, -0.1) is 0 Å². The van der Waals surface area contributed by atoms with Crippen LogP contribution in [0.1, 0.15) is 31.8 Å². The lowest BCUT2D eigenvalue weighted by atomic mass is 10.1. The van der Waals surface area contributed by atoms with Gasteiger partial charge in [0.05, 0.1) is 16.7 Å². The van der Waals surface area contributed by atoms with E-state index in [0.717, 1.165) is 11.6 Å². The van der Waals surface area contributed by atoms with Crippen LogP contribution in [0.4, 0.5) is 0 Å². The average Bonchev–Trinajstić information content (AvgIpc) is 3.00. The third-order valence-electron chi connectivity index (χ3n) is 5.37. The highest BCUT2D eigenvalue weighted by molar-refractivity contribution is 5.99. The first-order valence-electron chi connectivity index (χ1n) is 12.3. The molecule has 0 radical (unpaired) electrons. The highest BCUT2D eigenvalue weighted by Crippen LogP contribution is 2.17. The van der Waals surface area contributed by atoms with E-state index in [1.165, 1.54) is 36.4 Å². The third kappa shape index (κ3) is 8.95. The number of carbonyl (C=O) groups excluding carboxylic acids is 4. The summed E-state index contributed by atoms with van der Waals surface area (Å²) in [6.07, 6.45) is 2.15. The van der Waals surface area contributed by atoms with Crippen LogP contribution in [0.15, 0.2) is 122 Å². The standard InChI is InChI=1S/C32H28O8/c1-3-18-37-30(34)25-16-11-17-26(19-25)31(35)40-28(4-2)27(32(36)39-22-24-14-9-6-10-15-24)20-29(33)38-21-23-12-7-5-8-13-23/h3-17,19-20,28H,1-2,18,21-22H2/b27-20+. The second-order valence-electron chi connectivity index (χ2n) is 8.28. The molecule has 0 spiro atoms. The second kappa shape index (κ2) is 15.2. The first kappa shape index (κ1) is 29.3. The monoisotopic (exact) mass is 540 g/mol. The molecule has 1 atom stereocenters. The first-order valence-corrected chi connectivity index (χ1v) is 12.3. The summed E-state index contributed by atoms with van der Waals surface area (Å²) < 4.78 is 21.2. The maximum absolute atomic E-state index is 13.1. The van der Waals surface area contributed by atoms with Gasteiger partial charge in [-0.1, -0.05) is 86.0 Å². The van der Waals surface area contributed by atoms with E-state index in [4.69, 9.17) is 18.9 Å². The molecule has 0 amide bonds. The Morgan fingerprint density at radius 3 is 1.85 bits per heavy atom. The molecule has 0 aliphatic heterocycles. The van der Waals surface area contributed by atoms with Crippen molar-refractivity contribution >= 4 is 23.9 Å². The smallest absolute Gasteiger partial charge is 0.339 e.